The molecule has 2 atom stereocenters. The van der Waals surface area contributed by atoms with Crippen molar-refractivity contribution in [3.8, 4) is 33.4 Å². The van der Waals surface area contributed by atoms with Crippen LogP contribution in [0, 0.1) is 53.4 Å². The van der Waals surface area contributed by atoms with Crippen molar-refractivity contribution in [1.29, 1.82) is 0 Å². The van der Waals surface area contributed by atoms with E-state index < -0.39 is 25.9 Å². The average Bonchev–Trinajstić information content (AvgIpc) is 3.90. The van der Waals surface area contributed by atoms with Crippen molar-refractivity contribution in [2.75, 3.05) is 0 Å². The quantitative estimate of drug-likeness (QED) is 0.127. The first-order valence-electron chi connectivity index (χ1n) is 22.2. The molecule has 0 amide bonds. The summed E-state index contributed by atoms with van der Waals surface area (Å²) >= 11 is -5.68. The Morgan fingerprint density at radius 3 is 1.43 bits per heavy atom. The van der Waals surface area contributed by atoms with Gasteiger partial charge in [-0.2, -0.15) is 0 Å². The molecular weight excluding hydrogens is 863 g/mol. The SMILES string of the molecule is Cc1ccc(-c2cccc3c2C=C(CC(C)C)[CH]3[Zr]([Cl])([Cl])([c]2cccc3c2[SiH2]c2ccccc2-3)[CH]2C(CC(C)C)=Cc3c(-c4ccc(C)c(C)c4C)cccc32)c(C)c1C. The van der Waals surface area contributed by atoms with Crippen molar-refractivity contribution in [2.24, 2.45) is 11.8 Å². The predicted molar refractivity (Wildman–Crippen MR) is 264 cm³/mol. The van der Waals surface area contributed by atoms with Gasteiger partial charge in [-0.1, -0.05) is 0 Å². The number of rotatable bonds is 9. The van der Waals surface area contributed by atoms with Crippen LogP contribution in [0.2, 0.25) is 0 Å². The molecule has 1 aliphatic heterocycles. The zero-order valence-electron chi connectivity index (χ0n) is 37.2. The van der Waals surface area contributed by atoms with Gasteiger partial charge in [-0.05, 0) is 0 Å². The zero-order valence-corrected chi connectivity index (χ0v) is 42.5. The van der Waals surface area contributed by atoms with E-state index in [9.17, 15) is 17.0 Å². The standard InChI is InChI=1S/2C22H25.C12H9Si.2ClH.Zr/c2*1-14(2)11-18-12-19-7-6-8-21(22(19)13-18)20-10-9-15(3)16(4)17(20)5;1-3-7-11-9(5-1)10-6-2-4-8-12(10)13-11;;;/h2*6-10,12-14H,11H2,1-5H3;1-7H,13H2;2*1H;/q;;;;;+2/p-2. The van der Waals surface area contributed by atoms with Crippen molar-refractivity contribution in [2.45, 2.75) is 89.3 Å². The molecule has 2 unspecified atom stereocenters. The van der Waals surface area contributed by atoms with Gasteiger partial charge in [0.05, 0.1) is 0 Å². The summed E-state index contributed by atoms with van der Waals surface area (Å²) in [4.78, 5) is 0. The molecular formula is C56H59Cl2SiZr. The van der Waals surface area contributed by atoms with Crippen LogP contribution in [0.15, 0.2) is 114 Å². The molecule has 60 heavy (non-hydrogen) atoms. The molecule has 3 aliphatic rings. The summed E-state index contributed by atoms with van der Waals surface area (Å²) < 4.78 is 1.11. The van der Waals surface area contributed by atoms with Crippen LogP contribution >= 0.6 is 17.0 Å². The molecule has 0 radical (unpaired) electrons. The van der Waals surface area contributed by atoms with E-state index in [1.54, 1.807) is 0 Å². The first-order valence-corrected chi connectivity index (χ1v) is 34.0. The minimum atomic E-state index is -5.68. The molecule has 0 nitrogen and oxygen atoms in total. The summed E-state index contributed by atoms with van der Waals surface area (Å²) in [6.45, 7) is 23.0. The van der Waals surface area contributed by atoms with E-state index in [0.29, 0.717) is 11.8 Å². The van der Waals surface area contributed by atoms with E-state index in [2.05, 4.69) is 185 Å². The van der Waals surface area contributed by atoms with Crippen LogP contribution in [0.1, 0.15) is 103 Å². The van der Waals surface area contributed by atoms with Crippen LogP contribution in [0.25, 0.3) is 45.5 Å². The van der Waals surface area contributed by atoms with Crippen LogP contribution in [0.4, 0.5) is 0 Å². The fourth-order valence-corrected chi connectivity index (χ4v) is 39.4. The van der Waals surface area contributed by atoms with E-state index in [-0.39, 0.29) is 7.25 Å². The third kappa shape index (κ3) is 6.45. The van der Waals surface area contributed by atoms with Crippen molar-refractivity contribution < 1.29 is 16.4 Å². The van der Waals surface area contributed by atoms with Gasteiger partial charge in [0.25, 0.3) is 0 Å². The number of fused-ring (bicyclic) bond motifs is 5. The third-order valence-electron chi connectivity index (χ3n) is 14.7. The van der Waals surface area contributed by atoms with Crippen LogP contribution in [-0.2, 0) is 16.4 Å². The van der Waals surface area contributed by atoms with E-state index in [0.717, 1.165) is 12.8 Å². The molecule has 0 fully saturated rings. The number of benzene rings is 6. The molecule has 1 heterocycles. The van der Waals surface area contributed by atoms with Crippen molar-refractivity contribution in [3.05, 3.63) is 170 Å². The molecule has 305 valence electrons. The van der Waals surface area contributed by atoms with E-state index in [4.69, 9.17) is 0 Å². The Balaban J connectivity index is 1.38. The van der Waals surface area contributed by atoms with Crippen LogP contribution < -0.4 is 13.6 Å². The van der Waals surface area contributed by atoms with Gasteiger partial charge < -0.3 is 0 Å². The zero-order chi connectivity index (χ0) is 42.4. The maximum absolute atomic E-state index is 9.44. The second kappa shape index (κ2) is 15.4. The van der Waals surface area contributed by atoms with E-state index in [1.807, 2.05) is 0 Å². The Hall–Kier alpha value is -3.52. The first kappa shape index (κ1) is 41.8. The van der Waals surface area contributed by atoms with Crippen LogP contribution in [0.3, 0.4) is 0 Å². The molecule has 0 aromatic heterocycles. The molecule has 0 saturated heterocycles. The molecule has 6 aromatic rings. The summed E-state index contributed by atoms with van der Waals surface area (Å²) in [6.07, 6.45) is 7.00. The molecule has 0 bridgehead atoms. The molecule has 2 aliphatic carbocycles. The van der Waals surface area contributed by atoms with Crippen molar-refractivity contribution >= 4 is 52.3 Å². The summed E-state index contributed by atoms with van der Waals surface area (Å²) in [5.41, 5.74) is 24.1. The Morgan fingerprint density at radius 1 is 0.483 bits per heavy atom. The molecule has 0 spiro atoms. The first-order chi connectivity index (χ1) is 28.6. The fraction of sp³-hybridized carbons (Fsp3) is 0.286. The summed E-state index contributed by atoms with van der Waals surface area (Å²) in [6, 6.07) is 39.5. The second-order valence-electron chi connectivity index (χ2n) is 19.3. The molecule has 0 saturated carbocycles. The monoisotopic (exact) mass is 919 g/mol. The van der Waals surface area contributed by atoms with E-state index in [1.165, 1.54) is 114 Å². The maximum atomic E-state index is 9.44. The summed E-state index contributed by atoms with van der Waals surface area (Å²) in [5, 5.41) is 2.98. The summed E-state index contributed by atoms with van der Waals surface area (Å²) in [5.74, 6) is 0.876. The topological polar surface area (TPSA) is 0 Å². The van der Waals surface area contributed by atoms with Gasteiger partial charge in [-0.15, -0.1) is 0 Å². The van der Waals surface area contributed by atoms with E-state index >= 15 is 0 Å². The Morgan fingerprint density at radius 2 is 0.933 bits per heavy atom. The van der Waals surface area contributed by atoms with Gasteiger partial charge in [0.1, 0.15) is 0 Å². The van der Waals surface area contributed by atoms with Gasteiger partial charge >= 0.3 is 373 Å². The summed E-state index contributed by atoms with van der Waals surface area (Å²) in [7, 11) is 18.0. The van der Waals surface area contributed by atoms with Gasteiger partial charge in [0.15, 0.2) is 0 Å². The number of hydrogen-bond acceptors (Lipinski definition) is 0. The predicted octanol–water partition coefficient (Wildman–Crippen LogP) is 14.0. The number of halogens is 2. The Bertz CT molecular complexity index is 2680. The Kier molecular flexibility index (Phi) is 10.7. The van der Waals surface area contributed by atoms with Gasteiger partial charge in [0.2, 0.25) is 0 Å². The minimum absolute atomic E-state index is 0.0956. The Labute approximate surface area is 370 Å². The molecule has 4 heteroatoms. The van der Waals surface area contributed by atoms with Gasteiger partial charge in [0, 0.05) is 0 Å². The van der Waals surface area contributed by atoms with Crippen LogP contribution in [-0.4, -0.2) is 9.52 Å². The van der Waals surface area contributed by atoms with Crippen molar-refractivity contribution in [3.63, 3.8) is 0 Å². The van der Waals surface area contributed by atoms with Gasteiger partial charge in [-0.25, -0.2) is 0 Å². The number of aryl methyl sites for hydroxylation is 2. The normalized spacial score (nSPS) is 17.7. The van der Waals surface area contributed by atoms with Crippen molar-refractivity contribution in [1.82, 2.24) is 0 Å². The number of allylic oxidation sites excluding steroid dienone is 2. The second-order valence-corrected chi connectivity index (χ2v) is 41.7. The molecule has 0 N–H and O–H groups in total. The average molecular weight is 922 g/mol. The third-order valence-corrected chi connectivity index (χ3v) is 37.5. The molecule has 6 aromatic carbocycles. The van der Waals surface area contributed by atoms with Gasteiger partial charge in [-0.3, -0.25) is 0 Å². The fourth-order valence-electron chi connectivity index (χ4n) is 11.5. The molecule has 9 rings (SSSR count). The number of hydrogen-bond donors (Lipinski definition) is 0. The van der Waals surface area contributed by atoms with Crippen LogP contribution in [0.5, 0.6) is 0 Å².